The summed E-state index contributed by atoms with van der Waals surface area (Å²) in [6, 6.07) is 3.97. The highest BCUT2D eigenvalue weighted by molar-refractivity contribution is 9.10. The van der Waals surface area contributed by atoms with Gasteiger partial charge in [-0.25, -0.2) is 4.39 Å². The van der Waals surface area contributed by atoms with Crippen molar-refractivity contribution in [2.45, 2.75) is 19.4 Å². The third-order valence-electron chi connectivity index (χ3n) is 1.88. The molecule has 1 aromatic carbocycles. The number of benzene rings is 1. The topological polar surface area (TPSA) is 55.1 Å². The van der Waals surface area contributed by atoms with E-state index in [1.165, 1.54) is 18.2 Å². The van der Waals surface area contributed by atoms with Crippen LogP contribution in [0.15, 0.2) is 22.7 Å². The third kappa shape index (κ3) is 5.48. The number of rotatable bonds is 3. The Bertz CT molecular complexity index is 407. The Morgan fingerprint density at radius 1 is 1.53 bits per heavy atom. The Kier molecular flexibility index (Phi) is 6.09. The van der Waals surface area contributed by atoms with Crippen LogP contribution in [0.4, 0.5) is 4.39 Å². The highest BCUT2D eigenvalue weighted by Crippen LogP contribution is 2.17. The number of nitrogens with two attached hydrogens (primary N) is 1. The van der Waals surface area contributed by atoms with Crippen LogP contribution in [0.3, 0.4) is 0 Å². The van der Waals surface area contributed by atoms with Crippen molar-refractivity contribution in [3.05, 3.63) is 34.1 Å². The quantitative estimate of drug-likeness (QED) is 0.897. The first-order valence-electron chi connectivity index (χ1n) is 4.82. The molecular weight excluding hydrogens is 310 g/mol. The predicted octanol–water partition coefficient (Wildman–Crippen LogP) is 2.48. The summed E-state index contributed by atoms with van der Waals surface area (Å²) in [6.45, 7) is 3.93. The molecule has 0 spiro atoms. The van der Waals surface area contributed by atoms with E-state index in [4.69, 9.17) is 5.73 Å². The monoisotopic (exact) mass is 324 g/mol. The van der Waals surface area contributed by atoms with Gasteiger partial charge < -0.3 is 11.1 Å². The molecule has 0 saturated heterocycles. The van der Waals surface area contributed by atoms with E-state index in [1.807, 2.05) is 0 Å². The van der Waals surface area contributed by atoms with Crippen molar-refractivity contribution in [1.29, 1.82) is 0 Å². The normalized spacial score (nSPS) is 10.6. The summed E-state index contributed by atoms with van der Waals surface area (Å²) in [5, 5.41) is 2.65. The van der Waals surface area contributed by atoms with E-state index in [0.717, 1.165) is 0 Å². The molecule has 3 N–H and O–H groups in total. The van der Waals surface area contributed by atoms with E-state index in [0.29, 0.717) is 11.0 Å². The molecular formula is C11H15BrClFN2O. The van der Waals surface area contributed by atoms with Crippen LogP contribution in [0.1, 0.15) is 24.2 Å². The minimum atomic E-state index is -0.491. The van der Waals surface area contributed by atoms with Gasteiger partial charge >= 0.3 is 0 Å². The highest BCUT2D eigenvalue weighted by atomic mass is 79.9. The van der Waals surface area contributed by atoms with Gasteiger partial charge in [0.1, 0.15) is 5.82 Å². The molecule has 1 rings (SSSR count). The zero-order valence-electron chi connectivity index (χ0n) is 9.59. The number of halogens is 3. The molecule has 1 aromatic rings. The van der Waals surface area contributed by atoms with E-state index < -0.39 is 11.4 Å². The molecule has 0 fully saturated rings. The molecule has 3 nitrogen and oxygen atoms in total. The number of nitrogens with one attached hydrogen (secondary N) is 1. The van der Waals surface area contributed by atoms with Gasteiger partial charge in [-0.05, 0) is 48.0 Å². The average molecular weight is 326 g/mol. The SMILES string of the molecule is CC(C)(N)CNC(=O)c1cc(F)ccc1Br.Cl. The second-order valence-electron chi connectivity index (χ2n) is 4.30. The first-order valence-corrected chi connectivity index (χ1v) is 5.61. The zero-order valence-corrected chi connectivity index (χ0v) is 12.0. The van der Waals surface area contributed by atoms with Crippen molar-refractivity contribution in [1.82, 2.24) is 5.32 Å². The van der Waals surface area contributed by atoms with Crippen LogP contribution in [0.5, 0.6) is 0 Å². The molecule has 96 valence electrons. The van der Waals surface area contributed by atoms with Crippen LogP contribution in [-0.2, 0) is 0 Å². The minimum absolute atomic E-state index is 0. The largest absolute Gasteiger partial charge is 0.350 e. The van der Waals surface area contributed by atoms with Crippen molar-refractivity contribution in [3.63, 3.8) is 0 Å². The maximum absolute atomic E-state index is 13.0. The van der Waals surface area contributed by atoms with Crippen LogP contribution in [0, 0.1) is 5.82 Å². The fraction of sp³-hybridized carbons (Fsp3) is 0.364. The number of hydrogen-bond acceptors (Lipinski definition) is 2. The summed E-state index contributed by atoms with van der Waals surface area (Å²) in [5.41, 5.74) is 5.51. The summed E-state index contributed by atoms with van der Waals surface area (Å²) >= 11 is 3.19. The molecule has 17 heavy (non-hydrogen) atoms. The molecule has 0 saturated carbocycles. The maximum atomic E-state index is 13.0. The Hall–Kier alpha value is -0.650. The summed E-state index contributed by atoms with van der Waals surface area (Å²) in [6.07, 6.45) is 0. The second-order valence-corrected chi connectivity index (χ2v) is 5.15. The lowest BCUT2D eigenvalue weighted by Gasteiger charge is -2.19. The molecule has 0 aromatic heterocycles. The first kappa shape index (κ1) is 16.4. The van der Waals surface area contributed by atoms with Gasteiger partial charge in [0.05, 0.1) is 5.56 Å². The molecule has 0 bridgehead atoms. The number of hydrogen-bond donors (Lipinski definition) is 2. The van der Waals surface area contributed by atoms with Crippen LogP contribution < -0.4 is 11.1 Å². The fourth-order valence-electron chi connectivity index (χ4n) is 1.07. The molecule has 0 heterocycles. The molecule has 0 radical (unpaired) electrons. The Labute approximate surface area is 114 Å². The number of amides is 1. The highest BCUT2D eigenvalue weighted by Gasteiger charge is 2.15. The molecule has 0 aliphatic heterocycles. The van der Waals surface area contributed by atoms with Gasteiger partial charge in [-0.1, -0.05) is 0 Å². The van der Waals surface area contributed by atoms with Crippen molar-refractivity contribution in [2.75, 3.05) is 6.54 Å². The van der Waals surface area contributed by atoms with Gasteiger partial charge in [-0.2, -0.15) is 0 Å². The van der Waals surface area contributed by atoms with E-state index in [2.05, 4.69) is 21.2 Å². The van der Waals surface area contributed by atoms with Crippen molar-refractivity contribution >= 4 is 34.2 Å². The molecule has 6 heteroatoms. The van der Waals surface area contributed by atoms with E-state index >= 15 is 0 Å². The van der Waals surface area contributed by atoms with Crippen LogP contribution in [0.25, 0.3) is 0 Å². The fourth-order valence-corrected chi connectivity index (χ4v) is 1.50. The van der Waals surface area contributed by atoms with Crippen LogP contribution in [-0.4, -0.2) is 18.0 Å². The van der Waals surface area contributed by atoms with Crippen molar-refractivity contribution in [3.8, 4) is 0 Å². The second kappa shape index (κ2) is 6.33. The Morgan fingerprint density at radius 2 is 2.12 bits per heavy atom. The van der Waals surface area contributed by atoms with Gasteiger partial charge in [0, 0.05) is 16.6 Å². The predicted molar refractivity (Wildman–Crippen MR) is 71.9 cm³/mol. The van der Waals surface area contributed by atoms with E-state index in [1.54, 1.807) is 13.8 Å². The Morgan fingerprint density at radius 3 is 2.65 bits per heavy atom. The lowest BCUT2D eigenvalue weighted by atomic mass is 10.1. The number of carbonyl (C=O) groups is 1. The van der Waals surface area contributed by atoms with Gasteiger partial charge in [0.25, 0.3) is 5.91 Å². The average Bonchev–Trinajstić information content (AvgIpc) is 2.17. The van der Waals surface area contributed by atoms with Crippen LogP contribution in [0.2, 0.25) is 0 Å². The summed E-state index contributed by atoms with van der Waals surface area (Å²) in [7, 11) is 0. The van der Waals surface area contributed by atoms with Gasteiger partial charge in [0.15, 0.2) is 0 Å². The molecule has 0 atom stereocenters. The van der Waals surface area contributed by atoms with Gasteiger partial charge in [-0.15, -0.1) is 12.4 Å². The van der Waals surface area contributed by atoms with Gasteiger partial charge in [-0.3, -0.25) is 4.79 Å². The van der Waals surface area contributed by atoms with E-state index in [-0.39, 0.29) is 23.9 Å². The minimum Gasteiger partial charge on any atom is -0.350 e. The smallest absolute Gasteiger partial charge is 0.252 e. The van der Waals surface area contributed by atoms with Crippen molar-refractivity contribution in [2.24, 2.45) is 5.73 Å². The van der Waals surface area contributed by atoms with Crippen LogP contribution >= 0.6 is 28.3 Å². The first-order chi connectivity index (χ1) is 7.29. The maximum Gasteiger partial charge on any atom is 0.252 e. The molecule has 0 aliphatic rings. The van der Waals surface area contributed by atoms with Crippen molar-refractivity contribution < 1.29 is 9.18 Å². The van der Waals surface area contributed by atoms with Gasteiger partial charge in [0.2, 0.25) is 0 Å². The van der Waals surface area contributed by atoms with E-state index in [9.17, 15) is 9.18 Å². The lowest BCUT2D eigenvalue weighted by molar-refractivity contribution is 0.0945. The molecule has 0 aliphatic carbocycles. The zero-order chi connectivity index (χ0) is 12.3. The lowest BCUT2D eigenvalue weighted by Crippen LogP contribution is -2.45. The number of carbonyl (C=O) groups excluding carboxylic acids is 1. The molecule has 0 unspecified atom stereocenters. The molecule has 1 amide bonds. The summed E-state index contributed by atoms with van der Waals surface area (Å²) < 4.78 is 13.5. The summed E-state index contributed by atoms with van der Waals surface area (Å²) in [5.74, 6) is -0.787. The standard InChI is InChI=1S/C11H14BrFN2O.ClH/c1-11(2,14)6-15-10(16)8-5-7(13)3-4-9(8)12;/h3-5H,6,14H2,1-2H3,(H,15,16);1H. The Balaban J connectivity index is 0.00000256. The summed E-state index contributed by atoms with van der Waals surface area (Å²) in [4.78, 5) is 11.7. The third-order valence-corrected chi connectivity index (χ3v) is 2.57.